The normalized spacial score (nSPS) is 11.3. The smallest absolute Gasteiger partial charge is 0.246 e. The summed E-state index contributed by atoms with van der Waals surface area (Å²) in [4.78, 5) is 8.68. The van der Waals surface area contributed by atoms with E-state index in [9.17, 15) is 0 Å². The predicted octanol–water partition coefficient (Wildman–Crippen LogP) is 2.39. The van der Waals surface area contributed by atoms with Crippen LogP contribution in [0.15, 0.2) is 16.9 Å². The van der Waals surface area contributed by atoms with Crippen molar-refractivity contribution in [3.63, 3.8) is 0 Å². The lowest BCUT2D eigenvalue weighted by atomic mass is 10.2. The highest BCUT2D eigenvalue weighted by Crippen LogP contribution is 2.13. The van der Waals surface area contributed by atoms with Crippen LogP contribution < -0.4 is 0 Å². The molecule has 2 heterocycles. The van der Waals surface area contributed by atoms with Crippen LogP contribution in [0.5, 0.6) is 0 Å². The number of hydrogen-bond donors (Lipinski definition) is 0. The molecular formula is C12H18N4O. The number of imidazole rings is 1. The van der Waals surface area contributed by atoms with Crippen molar-refractivity contribution < 1.29 is 4.52 Å². The van der Waals surface area contributed by atoms with Gasteiger partial charge in [0.2, 0.25) is 5.89 Å². The molecule has 5 heteroatoms. The Morgan fingerprint density at radius 3 is 2.94 bits per heavy atom. The summed E-state index contributed by atoms with van der Waals surface area (Å²) in [5.41, 5.74) is 0. The number of nitrogens with zero attached hydrogens (tertiary/aromatic N) is 4. The van der Waals surface area contributed by atoms with Gasteiger partial charge in [-0.05, 0) is 6.42 Å². The van der Waals surface area contributed by atoms with Crippen molar-refractivity contribution in [2.24, 2.45) is 0 Å². The molecule has 0 saturated carbocycles. The van der Waals surface area contributed by atoms with Crippen LogP contribution in [0.3, 0.4) is 0 Å². The van der Waals surface area contributed by atoms with E-state index in [0.29, 0.717) is 18.4 Å². The minimum absolute atomic E-state index is 0.392. The summed E-state index contributed by atoms with van der Waals surface area (Å²) in [7, 11) is 0. The van der Waals surface area contributed by atoms with E-state index in [-0.39, 0.29) is 0 Å². The zero-order chi connectivity index (χ0) is 12.3. The molecule has 0 saturated heterocycles. The average Bonchev–Trinajstić information content (AvgIpc) is 2.89. The monoisotopic (exact) mass is 234 g/mol. The van der Waals surface area contributed by atoms with Gasteiger partial charge >= 0.3 is 0 Å². The lowest BCUT2D eigenvalue weighted by Gasteiger charge is -2.07. The standard InChI is InChI=1S/C12H18N4O/c1-4-5-10-14-11(17-15-10)8-16-7-6-13-12(16)9(2)3/h6-7,9H,4-5,8H2,1-3H3. The second-order valence-corrected chi connectivity index (χ2v) is 4.42. The fourth-order valence-electron chi connectivity index (χ4n) is 1.78. The SMILES string of the molecule is CCCc1noc(Cn2ccnc2C(C)C)n1. The summed E-state index contributed by atoms with van der Waals surface area (Å²) in [6.07, 6.45) is 5.64. The molecule has 0 amide bonds. The van der Waals surface area contributed by atoms with Gasteiger partial charge in [0.15, 0.2) is 5.82 Å². The topological polar surface area (TPSA) is 56.7 Å². The number of aryl methyl sites for hydroxylation is 1. The van der Waals surface area contributed by atoms with E-state index in [1.807, 2.05) is 10.8 Å². The van der Waals surface area contributed by atoms with Gasteiger partial charge in [-0.2, -0.15) is 4.98 Å². The fourth-order valence-corrected chi connectivity index (χ4v) is 1.78. The Balaban J connectivity index is 2.11. The van der Waals surface area contributed by atoms with E-state index >= 15 is 0 Å². The van der Waals surface area contributed by atoms with Crippen molar-refractivity contribution in [1.82, 2.24) is 19.7 Å². The molecule has 0 radical (unpaired) electrons. The number of hydrogen-bond acceptors (Lipinski definition) is 4. The first-order valence-electron chi connectivity index (χ1n) is 6.03. The van der Waals surface area contributed by atoms with Gasteiger partial charge in [0.1, 0.15) is 12.4 Å². The van der Waals surface area contributed by atoms with Gasteiger partial charge in [-0.3, -0.25) is 0 Å². The maximum Gasteiger partial charge on any atom is 0.246 e. The van der Waals surface area contributed by atoms with Crippen molar-refractivity contribution >= 4 is 0 Å². The first-order valence-corrected chi connectivity index (χ1v) is 6.03. The zero-order valence-electron chi connectivity index (χ0n) is 10.6. The summed E-state index contributed by atoms with van der Waals surface area (Å²) in [5.74, 6) is 2.87. The first kappa shape index (κ1) is 11.8. The molecule has 92 valence electrons. The van der Waals surface area contributed by atoms with Crippen LogP contribution in [-0.4, -0.2) is 19.7 Å². The summed E-state index contributed by atoms with van der Waals surface area (Å²) in [6, 6.07) is 0. The molecule has 2 aromatic heterocycles. The quantitative estimate of drug-likeness (QED) is 0.797. The number of aromatic nitrogens is 4. The molecular weight excluding hydrogens is 216 g/mol. The minimum Gasteiger partial charge on any atom is -0.337 e. The molecule has 0 fully saturated rings. The highest BCUT2D eigenvalue weighted by molar-refractivity contribution is 5.00. The van der Waals surface area contributed by atoms with E-state index in [4.69, 9.17) is 4.52 Å². The van der Waals surface area contributed by atoms with Crippen LogP contribution in [0.4, 0.5) is 0 Å². The lowest BCUT2D eigenvalue weighted by Crippen LogP contribution is -2.06. The lowest BCUT2D eigenvalue weighted by molar-refractivity contribution is 0.364. The maximum atomic E-state index is 5.22. The third-order valence-corrected chi connectivity index (χ3v) is 2.55. The third-order valence-electron chi connectivity index (χ3n) is 2.55. The molecule has 0 unspecified atom stereocenters. The van der Waals surface area contributed by atoms with Crippen LogP contribution in [-0.2, 0) is 13.0 Å². The molecule has 0 bridgehead atoms. The van der Waals surface area contributed by atoms with E-state index in [2.05, 4.69) is 35.9 Å². The molecule has 2 rings (SSSR count). The van der Waals surface area contributed by atoms with Crippen molar-refractivity contribution in [1.29, 1.82) is 0 Å². The van der Waals surface area contributed by atoms with Crippen molar-refractivity contribution in [2.75, 3.05) is 0 Å². The van der Waals surface area contributed by atoms with Crippen molar-refractivity contribution in [3.8, 4) is 0 Å². The average molecular weight is 234 g/mol. The molecule has 0 atom stereocenters. The first-order chi connectivity index (χ1) is 8.20. The zero-order valence-corrected chi connectivity index (χ0v) is 10.6. The highest BCUT2D eigenvalue weighted by atomic mass is 16.5. The Bertz CT molecular complexity index is 472. The molecule has 0 N–H and O–H groups in total. The van der Waals surface area contributed by atoms with Gasteiger partial charge in [0, 0.05) is 24.7 Å². The Hall–Kier alpha value is -1.65. The molecule has 0 aliphatic carbocycles. The molecule has 0 aliphatic rings. The Kier molecular flexibility index (Phi) is 3.56. The van der Waals surface area contributed by atoms with Gasteiger partial charge < -0.3 is 9.09 Å². The molecule has 2 aromatic rings. The molecule has 5 nitrogen and oxygen atoms in total. The van der Waals surface area contributed by atoms with E-state index in [1.54, 1.807) is 6.20 Å². The van der Waals surface area contributed by atoms with Crippen molar-refractivity contribution in [3.05, 3.63) is 29.9 Å². The van der Waals surface area contributed by atoms with E-state index in [1.165, 1.54) is 0 Å². The largest absolute Gasteiger partial charge is 0.337 e. The summed E-state index contributed by atoms with van der Waals surface area (Å²) in [5, 5.41) is 3.94. The Labute approximate surface area is 101 Å². The summed E-state index contributed by atoms with van der Waals surface area (Å²) < 4.78 is 7.27. The molecule has 17 heavy (non-hydrogen) atoms. The summed E-state index contributed by atoms with van der Waals surface area (Å²) >= 11 is 0. The van der Waals surface area contributed by atoms with Gasteiger partial charge in [0.05, 0.1) is 0 Å². The summed E-state index contributed by atoms with van der Waals surface area (Å²) in [6.45, 7) is 6.94. The van der Waals surface area contributed by atoms with Crippen LogP contribution in [0.25, 0.3) is 0 Å². The van der Waals surface area contributed by atoms with E-state index < -0.39 is 0 Å². The predicted molar refractivity (Wildman–Crippen MR) is 63.7 cm³/mol. The Morgan fingerprint density at radius 2 is 2.24 bits per heavy atom. The minimum atomic E-state index is 0.392. The third kappa shape index (κ3) is 2.72. The molecule has 0 aromatic carbocycles. The fraction of sp³-hybridized carbons (Fsp3) is 0.583. The highest BCUT2D eigenvalue weighted by Gasteiger charge is 2.11. The van der Waals surface area contributed by atoms with Crippen LogP contribution in [0, 0.1) is 0 Å². The van der Waals surface area contributed by atoms with Crippen LogP contribution in [0.1, 0.15) is 50.6 Å². The maximum absolute atomic E-state index is 5.22. The Morgan fingerprint density at radius 1 is 1.41 bits per heavy atom. The van der Waals surface area contributed by atoms with Gasteiger partial charge in [0.25, 0.3) is 0 Å². The number of rotatable bonds is 5. The van der Waals surface area contributed by atoms with E-state index in [0.717, 1.165) is 24.5 Å². The second kappa shape index (κ2) is 5.12. The van der Waals surface area contributed by atoms with Gasteiger partial charge in [-0.1, -0.05) is 25.9 Å². The van der Waals surface area contributed by atoms with Crippen LogP contribution in [0.2, 0.25) is 0 Å². The van der Waals surface area contributed by atoms with Crippen molar-refractivity contribution in [2.45, 2.75) is 46.1 Å². The molecule has 0 spiro atoms. The second-order valence-electron chi connectivity index (χ2n) is 4.42. The van der Waals surface area contributed by atoms with Crippen LogP contribution >= 0.6 is 0 Å². The molecule has 0 aliphatic heterocycles. The van der Waals surface area contributed by atoms with Gasteiger partial charge in [-0.15, -0.1) is 0 Å². The van der Waals surface area contributed by atoms with Gasteiger partial charge in [-0.25, -0.2) is 4.98 Å².